The van der Waals surface area contributed by atoms with Crippen molar-refractivity contribution in [3.63, 3.8) is 0 Å². The summed E-state index contributed by atoms with van der Waals surface area (Å²) >= 11 is 0. The third-order valence-electron chi connectivity index (χ3n) is 5.62. The van der Waals surface area contributed by atoms with E-state index in [0.29, 0.717) is 0 Å². The molecule has 0 saturated carbocycles. The van der Waals surface area contributed by atoms with Gasteiger partial charge in [0, 0.05) is 34.7 Å². The molecular formula is C30H24AlN3O3. The maximum atomic E-state index is 10.7. The van der Waals surface area contributed by atoms with Gasteiger partial charge < -0.3 is 15.3 Å². The van der Waals surface area contributed by atoms with Gasteiger partial charge in [0.1, 0.15) is 0 Å². The van der Waals surface area contributed by atoms with Gasteiger partial charge in [0.05, 0.1) is 16.6 Å². The topological polar surface area (TPSA) is 108 Å². The van der Waals surface area contributed by atoms with Crippen molar-refractivity contribution in [2.24, 2.45) is 0 Å². The van der Waals surface area contributed by atoms with Crippen molar-refractivity contribution >= 4 is 50.1 Å². The van der Waals surface area contributed by atoms with Gasteiger partial charge in [0.15, 0.2) is 0 Å². The average molecular weight is 502 g/mol. The normalized spacial score (nSPS) is 10.1. The van der Waals surface area contributed by atoms with Crippen molar-refractivity contribution in [3.05, 3.63) is 126 Å². The van der Waals surface area contributed by atoms with E-state index in [4.69, 9.17) is 0 Å². The van der Waals surface area contributed by atoms with Crippen LogP contribution in [0.25, 0.3) is 32.7 Å². The number of rotatable bonds is 3. The van der Waals surface area contributed by atoms with E-state index in [1.54, 1.807) is 18.6 Å². The molecule has 0 N–H and O–H groups in total. The Morgan fingerprint density at radius 2 is 0.676 bits per heavy atom. The van der Waals surface area contributed by atoms with Gasteiger partial charge in [-0.3, -0.25) is 15.0 Å². The van der Waals surface area contributed by atoms with E-state index >= 15 is 0 Å². The van der Waals surface area contributed by atoms with Crippen LogP contribution in [-0.4, -0.2) is 32.3 Å². The molecule has 3 heterocycles. The molecule has 6 nitrogen and oxygen atoms in total. The van der Waals surface area contributed by atoms with Crippen LogP contribution >= 0.6 is 0 Å². The van der Waals surface area contributed by atoms with Crippen LogP contribution in [0.1, 0.15) is 16.7 Å². The van der Waals surface area contributed by atoms with Crippen LogP contribution in [0, 0.1) is 0 Å². The molecule has 180 valence electrons. The molecule has 7 heteroatoms. The summed E-state index contributed by atoms with van der Waals surface area (Å²) in [5.41, 5.74) is 4.80. The van der Waals surface area contributed by atoms with Gasteiger partial charge in [-0.25, -0.2) is 0 Å². The molecule has 0 fully saturated rings. The van der Waals surface area contributed by atoms with Crippen LogP contribution in [0.5, 0.6) is 0 Å². The predicted octanol–water partition coefficient (Wildman–Crippen LogP) is 2.90. The van der Waals surface area contributed by atoms with E-state index in [2.05, 4.69) is 15.0 Å². The molecule has 0 aliphatic carbocycles. The Labute approximate surface area is 226 Å². The van der Waals surface area contributed by atoms with Crippen LogP contribution < -0.4 is 15.3 Å². The number of aromatic nitrogens is 3. The molecule has 0 amide bonds. The Hall–Kier alpha value is -3.70. The van der Waals surface area contributed by atoms with E-state index in [-0.39, 0.29) is 37.2 Å². The molecule has 0 unspecified atom stereocenters. The third-order valence-corrected chi connectivity index (χ3v) is 5.62. The zero-order chi connectivity index (χ0) is 25.2. The Bertz CT molecular complexity index is 1370. The summed E-state index contributed by atoms with van der Waals surface area (Å²) in [6.07, 6.45) is 5.13. The number of hydrogen-bond donors (Lipinski definition) is 0. The van der Waals surface area contributed by atoms with Crippen LogP contribution in [0.15, 0.2) is 110 Å². The fraction of sp³-hybridized carbons (Fsp3) is 0.100. The fourth-order valence-corrected chi connectivity index (χ4v) is 3.85. The van der Waals surface area contributed by atoms with Crippen molar-refractivity contribution in [2.45, 2.75) is 19.8 Å². The largest absolute Gasteiger partial charge is 3.00 e. The molecule has 6 aromatic rings. The van der Waals surface area contributed by atoms with Crippen molar-refractivity contribution < 1.29 is 15.3 Å². The van der Waals surface area contributed by atoms with E-state index in [0.717, 1.165) is 49.4 Å². The molecule has 0 saturated heterocycles. The smallest absolute Gasteiger partial charge is 0.851 e. The van der Waals surface area contributed by atoms with Crippen molar-refractivity contribution in [3.8, 4) is 0 Å². The van der Waals surface area contributed by atoms with Gasteiger partial charge >= 0.3 is 17.4 Å². The standard InChI is InChI=1S/3C10H8NO.Al/c3*12-7-9-4-1-3-8-5-2-6-11-10(8)9;/h3*1-6H,7H2;/q3*-1;+3. The number of para-hydroxylation sites is 3. The van der Waals surface area contributed by atoms with Crippen molar-refractivity contribution in [1.29, 1.82) is 0 Å². The van der Waals surface area contributed by atoms with Crippen LogP contribution in [-0.2, 0) is 19.8 Å². The van der Waals surface area contributed by atoms with Crippen LogP contribution in [0.4, 0.5) is 0 Å². The Balaban J connectivity index is 0.000000152. The number of fused-ring (bicyclic) bond motifs is 3. The molecule has 0 aliphatic rings. The number of pyridine rings is 3. The minimum Gasteiger partial charge on any atom is -0.851 e. The summed E-state index contributed by atoms with van der Waals surface area (Å²) in [5.74, 6) is 0. The number of nitrogens with zero attached hydrogens (tertiary/aromatic N) is 3. The summed E-state index contributed by atoms with van der Waals surface area (Å²) in [6.45, 7) is -0.600. The van der Waals surface area contributed by atoms with Crippen LogP contribution in [0.2, 0.25) is 0 Å². The summed E-state index contributed by atoms with van der Waals surface area (Å²) in [4.78, 5) is 12.5. The molecular weight excluding hydrogens is 477 g/mol. The van der Waals surface area contributed by atoms with Gasteiger partial charge in [-0.05, 0) is 34.9 Å². The van der Waals surface area contributed by atoms with E-state index in [9.17, 15) is 15.3 Å². The third kappa shape index (κ3) is 6.96. The van der Waals surface area contributed by atoms with Gasteiger partial charge in [0.2, 0.25) is 0 Å². The second-order valence-electron chi connectivity index (χ2n) is 7.91. The zero-order valence-corrected chi connectivity index (χ0v) is 21.3. The van der Waals surface area contributed by atoms with Crippen molar-refractivity contribution in [2.75, 3.05) is 0 Å². The van der Waals surface area contributed by atoms with E-state index < -0.39 is 0 Å². The summed E-state index contributed by atoms with van der Waals surface area (Å²) in [5, 5.41) is 35.2. The molecule has 0 radical (unpaired) electrons. The van der Waals surface area contributed by atoms with E-state index in [1.807, 2.05) is 91.0 Å². The van der Waals surface area contributed by atoms with Gasteiger partial charge in [-0.2, -0.15) is 0 Å². The van der Waals surface area contributed by atoms with Crippen LogP contribution in [0.3, 0.4) is 0 Å². The fourth-order valence-electron chi connectivity index (χ4n) is 3.85. The summed E-state index contributed by atoms with van der Waals surface area (Å²) < 4.78 is 0. The maximum absolute atomic E-state index is 10.7. The molecule has 0 atom stereocenters. The zero-order valence-electron chi connectivity index (χ0n) is 20.2. The number of benzene rings is 3. The quantitative estimate of drug-likeness (QED) is 0.345. The second kappa shape index (κ2) is 14.1. The Morgan fingerprint density at radius 1 is 0.405 bits per heavy atom. The Morgan fingerprint density at radius 3 is 0.946 bits per heavy atom. The predicted molar refractivity (Wildman–Crippen MR) is 142 cm³/mol. The minimum atomic E-state index is -0.200. The Kier molecular flexibility index (Phi) is 10.7. The molecule has 3 aromatic carbocycles. The minimum absolute atomic E-state index is 0. The molecule has 6 rings (SSSR count). The first-order valence-electron chi connectivity index (χ1n) is 11.5. The molecule has 0 bridgehead atoms. The van der Waals surface area contributed by atoms with E-state index in [1.165, 1.54) is 0 Å². The summed E-state index contributed by atoms with van der Waals surface area (Å²) in [6, 6.07) is 28.5. The van der Waals surface area contributed by atoms with Crippen molar-refractivity contribution in [1.82, 2.24) is 15.0 Å². The monoisotopic (exact) mass is 501 g/mol. The molecule has 0 spiro atoms. The average Bonchev–Trinajstić information content (AvgIpc) is 2.97. The van der Waals surface area contributed by atoms with Gasteiger partial charge in [-0.15, -0.1) is 19.8 Å². The maximum Gasteiger partial charge on any atom is 3.00 e. The first-order chi connectivity index (χ1) is 17.7. The first kappa shape index (κ1) is 27.9. The summed E-state index contributed by atoms with van der Waals surface area (Å²) in [7, 11) is 0. The molecule has 0 aliphatic heterocycles. The molecule has 3 aromatic heterocycles. The molecule has 37 heavy (non-hydrogen) atoms. The van der Waals surface area contributed by atoms with Gasteiger partial charge in [-0.1, -0.05) is 72.8 Å². The first-order valence-corrected chi connectivity index (χ1v) is 11.5. The van der Waals surface area contributed by atoms with Gasteiger partial charge in [0.25, 0.3) is 0 Å². The SMILES string of the molecule is [Al+3].[O-]Cc1cccc2cccnc12.[O-]Cc1cccc2cccnc12.[O-]Cc1cccc2cccnc12. The number of hydrogen-bond acceptors (Lipinski definition) is 6. The second-order valence-corrected chi connectivity index (χ2v) is 7.91.